The first-order valence-corrected chi connectivity index (χ1v) is 6.56. The van der Waals surface area contributed by atoms with Crippen LogP contribution in [0.4, 0.5) is 11.8 Å². The molecule has 3 heterocycles. The van der Waals surface area contributed by atoms with E-state index in [4.69, 9.17) is 5.84 Å². The number of aromatic amines is 1. The van der Waals surface area contributed by atoms with Crippen molar-refractivity contribution in [3.63, 3.8) is 0 Å². The molecule has 21 heavy (non-hydrogen) atoms. The number of nitrogens with two attached hydrogens (primary N) is 1. The number of pyridine rings is 1. The maximum absolute atomic E-state index is 5.41. The van der Waals surface area contributed by atoms with Gasteiger partial charge in [-0.1, -0.05) is 6.07 Å². The van der Waals surface area contributed by atoms with Gasteiger partial charge in [0, 0.05) is 31.9 Å². The number of nitrogens with zero attached hydrogens (tertiary/aromatic N) is 5. The van der Waals surface area contributed by atoms with Crippen molar-refractivity contribution in [2.75, 3.05) is 23.9 Å². The summed E-state index contributed by atoms with van der Waals surface area (Å²) in [7, 11) is 1.97. The second-order valence-corrected chi connectivity index (χ2v) is 4.64. The normalized spacial score (nSPS) is 10.8. The van der Waals surface area contributed by atoms with Gasteiger partial charge >= 0.3 is 0 Å². The van der Waals surface area contributed by atoms with Crippen LogP contribution < -0.4 is 16.2 Å². The van der Waals surface area contributed by atoms with Crippen LogP contribution in [0.5, 0.6) is 0 Å². The molecule has 0 amide bonds. The number of hydrogen-bond donors (Lipinski definition) is 3. The molecule has 0 aliphatic carbocycles. The van der Waals surface area contributed by atoms with E-state index in [1.165, 1.54) is 0 Å². The summed E-state index contributed by atoms with van der Waals surface area (Å²) >= 11 is 0. The van der Waals surface area contributed by atoms with Gasteiger partial charge in [-0.15, -0.1) is 0 Å². The summed E-state index contributed by atoms with van der Waals surface area (Å²) in [6.45, 7) is 0.776. The molecule has 3 rings (SSSR count). The lowest BCUT2D eigenvalue weighted by Crippen LogP contribution is -2.23. The van der Waals surface area contributed by atoms with Gasteiger partial charge in [-0.25, -0.2) is 5.84 Å². The average molecular weight is 284 g/mol. The van der Waals surface area contributed by atoms with Crippen LogP contribution in [0.2, 0.25) is 0 Å². The Hall–Kier alpha value is -2.74. The molecular weight excluding hydrogens is 268 g/mol. The highest BCUT2D eigenvalue weighted by Crippen LogP contribution is 2.22. The molecule has 0 unspecified atom stereocenters. The molecule has 8 nitrogen and oxygen atoms in total. The first-order chi connectivity index (χ1) is 10.3. The Labute approximate surface area is 121 Å². The van der Waals surface area contributed by atoms with Crippen molar-refractivity contribution < 1.29 is 0 Å². The third-order valence-electron chi connectivity index (χ3n) is 3.21. The van der Waals surface area contributed by atoms with Crippen LogP contribution in [-0.4, -0.2) is 38.7 Å². The summed E-state index contributed by atoms with van der Waals surface area (Å²) in [6, 6.07) is 5.90. The predicted octanol–water partition coefficient (Wildman–Crippen LogP) is 0.712. The second-order valence-electron chi connectivity index (χ2n) is 4.64. The Bertz CT molecular complexity index is 723. The number of likely N-dealkylation sites (N-methyl/N-ethyl adjacent to an activating group) is 1. The van der Waals surface area contributed by atoms with Crippen LogP contribution in [0, 0.1) is 0 Å². The number of nitrogen functional groups attached to an aromatic ring is 1. The Morgan fingerprint density at radius 3 is 3.00 bits per heavy atom. The van der Waals surface area contributed by atoms with Gasteiger partial charge < -0.3 is 4.90 Å². The number of aromatic nitrogens is 5. The van der Waals surface area contributed by atoms with E-state index < -0.39 is 0 Å². The summed E-state index contributed by atoms with van der Waals surface area (Å²) in [6.07, 6.45) is 4.33. The van der Waals surface area contributed by atoms with E-state index in [2.05, 4.69) is 30.6 Å². The van der Waals surface area contributed by atoms with Gasteiger partial charge in [-0.05, 0) is 12.1 Å². The predicted molar refractivity (Wildman–Crippen MR) is 80.7 cm³/mol. The Morgan fingerprint density at radius 1 is 1.33 bits per heavy atom. The molecule has 0 saturated heterocycles. The fraction of sp³-hybridized carbons (Fsp3) is 0.231. The molecule has 0 aromatic carbocycles. The van der Waals surface area contributed by atoms with Crippen molar-refractivity contribution in [3.05, 3.63) is 36.3 Å². The highest BCUT2D eigenvalue weighted by molar-refractivity contribution is 5.87. The highest BCUT2D eigenvalue weighted by atomic mass is 15.3. The molecule has 0 fully saturated rings. The molecule has 8 heteroatoms. The smallest absolute Gasteiger partial charge is 0.241 e. The SMILES string of the molecule is CN(CCc1ccccn1)c1nc(NN)nc2[nH]ncc12. The zero-order valence-corrected chi connectivity index (χ0v) is 11.6. The van der Waals surface area contributed by atoms with E-state index in [1.54, 1.807) is 12.4 Å². The van der Waals surface area contributed by atoms with Crippen LogP contribution in [0.25, 0.3) is 11.0 Å². The minimum absolute atomic E-state index is 0.353. The van der Waals surface area contributed by atoms with E-state index in [0.29, 0.717) is 11.6 Å². The van der Waals surface area contributed by atoms with E-state index in [-0.39, 0.29) is 0 Å². The number of rotatable bonds is 5. The molecule has 0 saturated carbocycles. The number of hydrogen-bond acceptors (Lipinski definition) is 7. The van der Waals surface area contributed by atoms with Crippen molar-refractivity contribution in [2.45, 2.75) is 6.42 Å². The van der Waals surface area contributed by atoms with Crippen molar-refractivity contribution in [1.82, 2.24) is 25.1 Å². The monoisotopic (exact) mass is 284 g/mol. The van der Waals surface area contributed by atoms with Gasteiger partial charge in [-0.3, -0.25) is 15.5 Å². The fourth-order valence-corrected chi connectivity index (χ4v) is 2.11. The van der Waals surface area contributed by atoms with Gasteiger partial charge in [0.1, 0.15) is 5.82 Å². The van der Waals surface area contributed by atoms with Gasteiger partial charge in [0.05, 0.1) is 11.6 Å². The summed E-state index contributed by atoms with van der Waals surface area (Å²) < 4.78 is 0. The largest absolute Gasteiger partial charge is 0.359 e. The van der Waals surface area contributed by atoms with Crippen LogP contribution >= 0.6 is 0 Å². The number of hydrazine groups is 1. The van der Waals surface area contributed by atoms with Crippen molar-refractivity contribution in [2.24, 2.45) is 5.84 Å². The van der Waals surface area contributed by atoms with Crippen molar-refractivity contribution in [1.29, 1.82) is 0 Å². The summed E-state index contributed by atoms with van der Waals surface area (Å²) in [4.78, 5) is 15.0. The molecule has 4 N–H and O–H groups in total. The summed E-state index contributed by atoms with van der Waals surface area (Å²) in [5, 5.41) is 7.69. The van der Waals surface area contributed by atoms with Gasteiger partial charge in [-0.2, -0.15) is 15.1 Å². The van der Waals surface area contributed by atoms with E-state index in [0.717, 1.165) is 29.9 Å². The second kappa shape index (κ2) is 5.71. The molecule has 0 atom stereocenters. The third kappa shape index (κ3) is 2.75. The van der Waals surface area contributed by atoms with Gasteiger partial charge in [0.15, 0.2) is 5.65 Å². The summed E-state index contributed by atoms with van der Waals surface area (Å²) in [5.41, 5.74) is 4.16. The lowest BCUT2D eigenvalue weighted by atomic mass is 10.2. The minimum atomic E-state index is 0.353. The lowest BCUT2D eigenvalue weighted by Gasteiger charge is -2.19. The number of fused-ring (bicyclic) bond motifs is 1. The maximum atomic E-state index is 5.41. The van der Waals surface area contributed by atoms with E-state index in [9.17, 15) is 0 Å². The minimum Gasteiger partial charge on any atom is -0.359 e. The lowest BCUT2D eigenvalue weighted by molar-refractivity contribution is 0.841. The first-order valence-electron chi connectivity index (χ1n) is 6.56. The maximum Gasteiger partial charge on any atom is 0.241 e. The highest BCUT2D eigenvalue weighted by Gasteiger charge is 2.13. The molecule has 0 bridgehead atoms. The van der Waals surface area contributed by atoms with E-state index >= 15 is 0 Å². The number of anilines is 2. The van der Waals surface area contributed by atoms with E-state index in [1.807, 2.05) is 30.1 Å². The summed E-state index contributed by atoms with van der Waals surface area (Å²) in [5.74, 6) is 6.53. The molecule has 0 spiro atoms. The van der Waals surface area contributed by atoms with Crippen molar-refractivity contribution >= 4 is 22.8 Å². The molecule has 3 aromatic rings. The van der Waals surface area contributed by atoms with Crippen LogP contribution in [0.1, 0.15) is 5.69 Å². The zero-order chi connectivity index (χ0) is 14.7. The third-order valence-corrected chi connectivity index (χ3v) is 3.21. The quantitative estimate of drug-likeness (QED) is 0.467. The number of H-pyrrole nitrogens is 1. The van der Waals surface area contributed by atoms with Gasteiger partial charge in [0.25, 0.3) is 0 Å². The van der Waals surface area contributed by atoms with Crippen LogP contribution in [0.15, 0.2) is 30.6 Å². The zero-order valence-electron chi connectivity index (χ0n) is 11.6. The fourth-order valence-electron chi connectivity index (χ4n) is 2.11. The number of nitrogens with one attached hydrogen (secondary N) is 2. The average Bonchev–Trinajstić information content (AvgIpc) is 3.01. The van der Waals surface area contributed by atoms with Crippen molar-refractivity contribution in [3.8, 4) is 0 Å². The Morgan fingerprint density at radius 2 is 2.24 bits per heavy atom. The molecule has 0 radical (unpaired) electrons. The molecule has 0 aliphatic heterocycles. The molecule has 108 valence electrons. The Balaban J connectivity index is 1.83. The molecule has 0 aliphatic rings. The first kappa shape index (κ1) is 13.3. The standard InChI is InChI=1S/C13H16N8/c1-21(7-5-9-4-2-3-6-15-9)12-10-8-16-20-11(10)17-13(18-12)19-14/h2-4,6,8H,5,7,14H2,1H3,(H2,16,17,18,19,20). The van der Waals surface area contributed by atoms with Gasteiger partial charge in [0.2, 0.25) is 5.95 Å². The molecular formula is C13H16N8. The Kier molecular flexibility index (Phi) is 3.61. The van der Waals surface area contributed by atoms with Crippen LogP contribution in [0.3, 0.4) is 0 Å². The van der Waals surface area contributed by atoms with Crippen LogP contribution in [-0.2, 0) is 6.42 Å². The topological polar surface area (TPSA) is 109 Å². The molecule has 3 aromatic heterocycles.